The van der Waals surface area contributed by atoms with Crippen LogP contribution >= 0.6 is 0 Å². The Labute approximate surface area is 213 Å². The number of alkyl halides is 3. The van der Waals surface area contributed by atoms with E-state index in [1.165, 1.54) is 6.20 Å². The second-order valence-electron chi connectivity index (χ2n) is 10.2. The van der Waals surface area contributed by atoms with E-state index in [-0.39, 0.29) is 30.8 Å². The summed E-state index contributed by atoms with van der Waals surface area (Å²) in [4.78, 5) is 19.0. The van der Waals surface area contributed by atoms with Gasteiger partial charge in [-0.1, -0.05) is 0 Å². The quantitative estimate of drug-likeness (QED) is 0.390. The van der Waals surface area contributed by atoms with Crippen molar-refractivity contribution in [1.82, 2.24) is 14.5 Å². The molecule has 1 unspecified atom stereocenters. The third-order valence-corrected chi connectivity index (χ3v) is 7.71. The molecule has 12 heteroatoms. The molecule has 9 nitrogen and oxygen atoms in total. The number of rotatable bonds is 7. The fraction of sp³-hybridized carbons (Fsp3) is 0.640. The Morgan fingerprint density at radius 2 is 1.73 bits per heavy atom. The Kier molecular flexibility index (Phi) is 7.45. The van der Waals surface area contributed by atoms with E-state index in [1.807, 2.05) is 24.3 Å². The van der Waals surface area contributed by atoms with Crippen molar-refractivity contribution in [3.8, 4) is 11.8 Å². The number of aromatic nitrogens is 2. The summed E-state index contributed by atoms with van der Waals surface area (Å²) in [5.41, 5.74) is 1.11. The predicted octanol–water partition coefficient (Wildman–Crippen LogP) is 4.51. The van der Waals surface area contributed by atoms with E-state index in [0.717, 1.165) is 44.2 Å². The summed E-state index contributed by atoms with van der Waals surface area (Å²) in [5.74, 6) is -0.248. The van der Waals surface area contributed by atoms with Gasteiger partial charge in [-0.05, 0) is 60.8 Å². The van der Waals surface area contributed by atoms with Crippen LogP contribution in [0.15, 0.2) is 30.5 Å². The van der Waals surface area contributed by atoms with Crippen LogP contribution in [0.2, 0.25) is 0 Å². The van der Waals surface area contributed by atoms with E-state index >= 15 is 0 Å². The highest BCUT2D eigenvalue weighted by molar-refractivity contribution is 5.49. The Morgan fingerprint density at radius 3 is 2.38 bits per heavy atom. The minimum Gasteiger partial charge on any atom is -0.490 e. The molecule has 5 rings (SSSR count). The number of anilines is 1. The summed E-state index contributed by atoms with van der Waals surface area (Å²) in [6, 6.07) is 8.16. The van der Waals surface area contributed by atoms with Crippen LogP contribution in [0, 0.1) is 22.0 Å². The topological polar surface area (TPSA) is 85.9 Å². The molecule has 2 aromatic rings. The van der Waals surface area contributed by atoms with Gasteiger partial charge in [0, 0.05) is 56.4 Å². The van der Waals surface area contributed by atoms with Gasteiger partial charge in [-0.2, -0.15) is 13.2 Å². The molecule has 1 aromatic heterocycles. The Bertz CT molecular complexity index is 1060. The zero-order valence-corrected chi connectivity index (χ0v) is 20.6. The maximum atomic E-state index is 12.9. The first-order valence-corrected chi connectivity index (χ1v) is 12.9. The number of piperazine rings is 1. The van der Waals surface area contributed by atoms with Crippen LogP contribution in [0.1, 0.15) is 32.1 Å². The van der Waals surface area contributed by atoms with Crippen LogP contribution in [0.4, 0.5) is 24.7 Å². The number of fused-ring (bicyclic) bond motifs is 1. The molecule has 1 aromatic carbocycles. The zero-order chi connectivity index (χ0) is 26.0. The van der Waals surface area contributed by atoms with Gasteiger partial charge < -0.3 is 24.5 Å². The molecule has 3 heterocycles. The molecule has 1 saturated heterocycles. The maximum absolute atomic E-state index is 12.9. The molecule has 0 radical (unpaired) electrons. The second kappa shape index (κ2) is 10.8. The highest BCUT2D eigenvalue weighted by atomic mass is 19.4. The molecule has 0 bridgehead atoms. The molecule has 0 spiro atoms. The Balaban J connectivity index is 1.03. The largest absolute Gasteiger partial charge is 0.490 e. The zero-order valence-electron chi connectivity index (χ0n) is 20.6. The molecule has 1 atom stereocenters. The molecule has 37 heavy (non-hydrogen) atoms. The summed E-state index contributed by atoms with van der Waals surface area (Å²) >= 11 is 0. The van der Waals surface area contributed by atoms with Crippen LogP contribution < -0.4 is 14.4 Å². The van der Waals surface area contributed by atoms with Crippen LogP contribution in [0.25, 0.3) is 0 Å². The normalized spacial score (nSPS) is 24.8. The molecule has 1 saturated carbocycles. The van der Waals surface area contributed by atoms with Gasteiger partial charge in [0.1, 0.15) is 24.7 Å². The van der Waals surface area contributed by atoms with E-state index in [0.29, 0.717) is 38.3 Å². The Morgan fingerprint density at radius 1 is 1.03 bits per heavy atom. The first-order valence-electron chi connectivity index (χ1n) is 12.9. The molecule has 1 aliphatic carbocycles. The summed E-state index contributed by atoms with van der Waals surface area (Å²) in [6.45, 7) is 5.38. The van der Waals surface area contributed by atoms with Crippen LogP contribution in [0.5, 0.6) is 11.8 Å². The lowest BCUT2D eigenvalue weighted by Gasteiger charge is -2.39. The van der Waals surface area contributed by atoms with Crippen LogP contribution in [0.3, 0.4) is 0 Å². The maximum Gasteiger partial charge on any atom is 0.414 e. The third kappa shape index (κ3) is 6.28. The van der Waals surface area contributed by atoms with Crippen molar-refractivity contribution >= 4 is 11.5 Å². The summed E-state index contributed by atoms with van der Waals surface area (Å²) < 4.78 is 52.0. The number of hydrogen-bond donors (Lipinski definition) is 0. The second-order valence-corrected chi connectivity index (χ2v) is 10.2. The molecule has 2 aliphatic heterocycles. The standard InChI is InChI=1S/C25H32F3N5O4/c26-25(27,28)19-3-1-18(2-4-19)15-30-11-13-31(14-12-30)20-5-7-21(8-6-20)36-17-22-9-10-32-16-23(33(34)35)29-24(32)37-22/h5-8,16,18-19,22H,1-4,9-15,17H2. The summed E-state index contributed by atoms with van der Waals surface area (Å²) in [5, 5.41) is 10.9. The number of halogens is 3. The van der Waals surface area contributed by atoms with Gasteiger partial charge in [-0.15, -0.1) is 0 Å². The van der Waals surface area contributed by atoms with Gasteiger partial charge in [0.05, 0.1) is 5.92 Å². The average molecular weight is 524 g/mol. The van der Waals surface area contributed by atoms with Crippen LogP contribution in [-0.4, -0.2) is 71.0 Å². The fourth-order valence-electron chi connectivity index (χ4n) is 5.50. The Hall–Kier alpha value is -3.02. The molecule has 0 N–H and O–H groups in total. The smallest absolute Gasteiger partial charge is 0.414 e. The predicted molar refractivity (Wildman–Crippen MR) is 130 cm³/mol. The minimum absolute atomic E-state index is 0.221. The number of nitro groups is 1. The van der Waals surface area contributed by atoms with Crippen LogP contribution in [-0.2, 0) is 6.54 Å². The minimum atomic E-state index is -4.05. The lowest BCUT2D eigenvalue weighted by molar-refractivity contribution is -0.389. The van der Waals surface area contributed by atoms with Crippen molar-refractivity contribution in [1.29, 1.82) is 0 Å². The number of aryl methyl sites for hydroxylation is 1. The molecule has 202 valence electrons. The number of imidazole rings is 1. The SMILES string of the molecule is O=[N+]([O-])c1cn2c(n1)OC(COc1ccc(N3CCN(CC4CCC(C(F)(F)F)CC4)CC3)cc1)CC2. The highest BCUT2D eigenvalue weighted by Gasteiger charge is 2.41. The lowest BCUT2D eigenvalue weighted by atomic mass is 9.81. The van der Waals surface area contributed by atoms with Gasteiger partial charge in [0.15, 0.2) is 0 Å². The van der Waals surface area contributed by atoms with E-state index in [4.69, 9.17) is 9.47 Å². The van der Waals surface area contributed by atoms with Gasteiger partial charge in [0.25, 0.3) is 0 Å². The van der Waals surface area contributed by atoms with Crippen molar-refractivity contribution in [2.75, 3.05) is 44.2 Å². The number of nitrogens with zero attached hydrogens (tertiary/aromatic N) is 5. The third-order valence-electron chi connectivity index (χ3n) is 7.71. The highest BCUT2D eigenvalue weighted by Crippen LogP contribution is 2.39. The first kappa shape index (κ1) is 25.6. The van der Waals surface area contributed by atoms with E-state index in [2.05, 4.69) is 14.8 Å². The number of benzene rings is 1. The lowest BCUT2D eigenvalue weighted by Crippen LogP contribution is -2.48. The van der Waals surface area contributed by atoms with Gasteiger partial charge in [-0.3, -0.25) is 9.47 Å². The van der Waals surface area contributed by atoms with Gasteiger partial charge in [0.2, 0.25) is 0 Å². The van der Waals surface area contributed by atoms with Crippen molar-refractivity contribution < 1.29 is 27.6 Å². The number of hydrogen-bond acceptors (Lipinski definition) is 7. The van der Waals surface area contributed by atoms with E-state index < -0.39 is 17.0 Å². The van der Waals surface area contributed by atoms with E-state index in [9.17, 15) is 23.3 Å². The summed E-state index contributed by atoms with van der Waals surface area (Å²) in [7, 11) is 0. The first-order chi connectivity index (χ1) is 17.7. The van der Waals surface area contributed by atoms with Crippen molar-refractivity contribution in [2.24, 2.45) is 11.8 Å². The number of ether oxygens (including phenoxy) is 2. The monoisotopic (exact) mass is 523 g/mol. The van der Waals surface area contributed by atoms with Gasteiger partial charge in [-0.25, -0.2) is 0 Å². The van der Waals surface area contributed by atoms with Crippen molar-refractivity contribution in [3.05, 3.63) is 40.6 Å². The summed E-state index contributed by atoms with van der Waals surface area (Å²) in [6.07, 6.45) is -0.352. The molecular weight excluding hydrogens is 491 g/mol. The van der Waals surface area contributed by atoms with E-state index in [1.54, 1.807) is 4.57 Å². The molecular formula is C25H32F3N5O4. The van der Waals surface area contributed by atoms with Crippen molar-refractivity contribution in [3.63, 3.8) is 0 Å². The molecule has 3 aliphatic rings. The molecule has 0 amide bonds. The van der Waals surface area contributed by atoms with Crippen molar-refractivity contribution in [2.45, 2.75) is 50.9 Å². The van der Waals surface area contributed by atoms with Gasteiger partial charge >= 0.3 is 18.0 Å². The molecule has 2 fully saturated rings. The average Bonchev–Trinajstić information content (AvgIpc) is 3.32. The fourth-order valence-corrected chi connectivity index (χ4v) is 5.50.